The Bertz CT molecular complexity index is 697. The highest BCUT2D eigenvalue weighted by molar-refractivity contribution is 7.14. The van der Waals surface area contributed by atoms with Gasteiger partial charge in [-0.3, -0.25) is 14.9 Å². The van der Waals surface area contributed by atoms with Crippen LogP contribution in [-0.4, -0.2) is 22.8 Å². The highest BCUT2D eigenvalue weighted by atomic mass is 32.1. The van der Waals surface area contributed by atoms with Crippen molar-refractivity contribution in [1.82, 2.24) is 10.3 Å². The van der Waals surface area contributed by atoms with Crippen LogP contribution in [0.1, 0.15) is 12.8 Å². The van der Waals surface area contributed by atoms with Crippen LogP contribution in [0.2, 0.25) is 0 Å². The maximum absolute atomic E-state index is 13.6. The van der Waals surface area contributed by atoms with E-state index in [1.165, 1.54) is 6.07 Å². The fourth-order valence-electron chi connectivity index (χ4n) is 1.76. The number of aromatic nitrogens is 1. The molecule has 2 N–H and O–H groups in total. The number of carbonyl (C=O) groups excluding carboxylic acids is 2. The average Bonchev–Trinajstić information content (AvgIpc) is 3.16. The molecule has 1 aliphatic carbocycles. The Morgan fingerprint density at radius 2 is 2.00 bits per heavy atom. The molecule has 5 nitrogen and oxygen atoms in total. The van der Waals surface area contributed by atoms with E-state index in [1.54, 1.807) is 23.6 Å². The molecule has 0 aliphatic heterocycles. The Hall–Kier alpha value is -2.28. The minimum Gasteiger partial charge on any atom is -0.345 e. The van der Waals surface area contributed by atoms with Crippen LogP contribution in [0.5, 0.6) is 0 Å². The molecule has 2 aromatic rings. The summed E-state index contributed by atoms with van der Waals surface area (Å²) in [5, 5.41) is 6.91. The Balaban J connectivity index is 1.69. The second-order valence-electron chi connectivity index (χ2n) is 4.72. The van der Waals surface area contributed by atoms with Crippen molar-refractivity contribution in [2.45, 2.75) is 18.9 Å². The molecule has 0 unspecified atom stereocenters. The van der Waals surface area contributed by atoms with Gasteiger partial charge in [0.1, 0.15) is 5.82 Å². The number of nitrogens with one attached hydrogen (secondary N) is 2. The Labute approximate surface area is 124 Å². The third-order valence-electron chi connectivity index (χ3n) is 2.99. The smallest absolute Gasteiger partial charge is 0.315 e. The van der Waals surface area contributed by atoms with Crippen LogP contribution in [-0.2, 0) is 9.59 Å². The molecular weight excluding hydrogens is 293 g/mol. The molecule has 108 valence electrons. The van der Waals surface area contributed by atoms with Crippen molar-refractivity contribution in [3.05, 3.63) is 35.5 Å². The van der Waals surface area contributed by atoms with Crippen molar-refractivity contribution in [2.75, 3.05) is 5.32 Å². The van der Waals surface area contributed by atoms with Crippen LogP contribution in [0, 0.1) is 5.82 Å². The van der Waals surface area contributed by atoms with Crippen molar-refractivity contribution in [2.24, 2.45) is 0 Å². The fourth-order valence-corrected chi connectivity index (χ4v) is 2.46. The number of hydrogen-bond acceptors (Lipinski definition) is 4. The molecule has 0 bridgehead atoms. The van der Waals surface area contributed by atoms with Gasteiger partial charge in [-0.15, -0.1) is 11.3 Å². The molecule has 1 aliphatic rings. The van der Waals surface area contributed by atoms with Crippen LogP contribution < -0.4 is 10.6 Å². The van der Waals surface area contributed by atoms with Gasteiger partial charge in [-0.25, -0.2) is 9.37 Å². The zero-order chi connectivity index (χ0) is 14.8. The number of halogens is 1. The molecule has 1 saturated carbocycles. The summed E-state index contributed by atoms with van der Waals surface area (Å²) in [4.78, 5) is 27.3. The molecule has 0 radical (unpaired) electrons. The lowest BCUT2D eigenvalue weighted by molar-refractivity contribution is -0.136. The molecule has 1 aromatic heterocycles. The van der Waals surface area contributed by atoms with Crippen molar-refractivity contribution in [1.29, 1.82) is 0 Å². The van der Waals surface area contributed by atoms with Gasteiger partial charge in [-0.2, -0.15) is 0 Å². The van der Waals surface area contributed by atoms with Gasteiger partial charge in [-0.05, 0) is 25.0 Å². The van der Waals surface area contributed by atoms with Crippen molar-refractivity contribution >= 4 is 28.3 Å². The number of hydrogen-bond donors (Lipinski definition) is 2. The predicted octanol–water partition coefficient (Wildman–Crippen LogP) is 2.17. The van der Waals surface area contributed by atoms with Crippen LogP contribution in [0.3, 0.4) is 0 Å². The zero-order valence-corrected chi connectivity index (χ0v) is 11.7. The Kier molecular flexibility index (Phi) is 3.66. The lowest BCUT2D eigenvalue weighted by Gasteiger charge is -2.02. The first-order valence-electron chi connectivity index (χ1n) is 6.46. The van der Waals surface area contributed by atoms with Gasteiger partial charge in [0.2, 0.25) is 0 Å². The molecule has 0 spiro atoms. The van der Waals surface area contributed by atoms with E-state index in [9.17, 15) is 14.0 Å². The maximum atomic E-state index is 13.6. The molecule has 1 heterocycles. The third kappa shape index (κ3) is 3.25. The number of anilines is 1. The summed E-state index contributed by atoms with van der Waals surface area (Å²) in [6, 6.07) is 6.37. The summed E-state index contributed by atoms with van der Waals surface area (Å²) in [6.07, 6.45) is 1.82. The second kappa shape index (κ2) is 5.61. The topological polar surface area (TPSA) is 71.1 Å². The maximum Gasteiger partial charge on any atom is 0.315 e. The summed E-state index contributed by atoms with van der Waals surface area (Å²) >= 11 is 1.14. The van der Waals surface area contributed by atoms with Gasteiger partial charge in [0.15, 0.2) is 5.13 Å². The van der Waals surface area contributed by atoms with E-state index in [4.69, 9.17) is 0 Å². The quantitative estimate of drug-likeness (QED) is 0.854. The second-order valence-corrected chi connectivity index (χ2v) is 5.58. The van der Waals surface area contributed by atoms with Gasteiger partial charge in [0.05, 0.1) is 5.69 Å². The monoisotopic (exact) mass is 305 g/mol. The summed E-state index contributed by atoms with van der Waals surface area (Å²) in [5.41, 5.74) is 0.785. The summed E-state index contributed by atoms with van der Waals surface area (Å²) in [5.74, 6) is -1.80. The number of thiazole rings is 1. The highest BCUT2D eigenvalue weighted by Crippen LogP contribution is 2.26. The van der Waals surface area contributed by atoms with Gasteiger partial charge >= 0.3 is 11.8 Å². The number of carbonyl (C=O) groups is 2. The largest absolute Gasteiger partial charge is 0.345 e. The van der Waals surface area contributed by atoms with E-state index in [-0.39, 0.29) is 17.0 Å². The van der Waals surface area contributed by atoms with Crippen LogP contribution >= 0.6 is 11.3 Å². The van der Waals surface area contributed by atoms with Crippen molar-refractivity contribution < 1.29 is 14.0 Å². The van der Waals surface area contributed by atoms with Crippen LogP contribution in [0.25, 0.3) is 11.3 Å². The minimum absolute atomic E-state index is 0.119. The lowest BCUT2D eigenvalue weighted by Crippen LogP contribution is -2.36. The highest BCUT2D eigenvalue weighted by Gasteiger charge is 2.26. The minimum atomic E-state index is -0.753. The van der Waals surface area contributed by atoms with E-state index in [2.05, 4.69) is 15.6 Å². The van der Waals surface area contributed by atoms with Gasteiger partial charge < -0.3 is 5.32 Å². The zero-order valence-electron chi connectivity index (χ0n) is 10.9. The standard InChI is InChI=1S/C14H12FN3O2S/c15-10-4-2-1-3-9(10)11-7-21-14(17-11)18-13(20)12(19)16-8-5-6-8/h1-4,7-8H,5-6H2,(H,16,19)(H,17,18,20). The van der Waals surface area contributed by atoms with Gasteiger partial charge in [0.25, 0.3) is 0 Å². The number of amides is 2. The third-order valence-corrected chi connectivity index (χ3v) is 3.75. The van der Waals surface area contributed by atoms with E-state index in [0.29, 0.717) is 11.3 Å². The normalized spacial score (nSPS) is 13.8. The SMILES string of the molecule is O=C(Nc1nc(-c2ccccc2F)cs1)C(=O)NC1CC1. The average molecular weight is 305 g/mol. The molecule has 1 fully saturated rings. The predicted molar refractivity (Wildman–Crippen MR) is 77.3 cm³/mol. The van der Waals surface area contributed by atoms with Gasteiger partial charge in [0, 0.05) is 17.0 Å². The van der Waals surface area contributed by atoms with Crippen molar-refractivity contribution in [3.63, 3.8) is 0 Å². The fraction of sp³-hybridized carbons (Fsp3) is 0.214. The molecule has 7 heteroatoms. The summed E-state index contributed by atoms with van der Waals surface area (Å²) in [7, 11) is 0. The molecule has 3 rings (SSSR count). The van der Waals surface area contributed by atoms with E-state index in [0.717, 1.165) is 24.2 Å². The Morgan fingerprint density at radius 1 is 1.24 bits per heavy atom. The Morgan fingerprint density at radius 3 is 2.71 bits per heavy atom. The lowest BCUT2D eigenvalue weighted by atomic mass is 10.2. The van der Waals surface area contributed by atoms with Crippen LogP contribution in [0.4, 0.5) is 9.52 Å². The number of benzene rings is 1. The van der Waals surface area contributed by atoms with E-state index < -0.39 is 11.8 Å². The molecule has 1 aromatic carbocycles. The number of nitrogens with zero attached hydrogens (tertiary/aromatic N) is 1. The first-order valence-corrected chi connectivity index (χ1v) is 7.34. The van der Waals surface area contributed by atoms with Crippen LogP contribution in [0.15, 0.2) is 29.6 Å². The first-order chi connectivity index (χ1) is 10.1. The summed E-state index contributed by atoms with van der Waals surface area (Å²) < 4.78 is 13.6. The van der Waals surface area contributed by atoms with Crippen molar-refractivity contribution in [3.8, 4) is 11.3 Å². The summed E-state index contributed by atoms with van der Waals surface area (Å²) in [6.45, 7) is 0. The van der Waals surface area contributed by atoms with E-state index >= 15 is 0 Å². The molecule has 0 atom stereocenters. The van der Waals surface area contributed by atoms with Gasteiger partial charge in [-0.1, -0.05) is 12.1 Å². The van der Waals surface area contributed by atoms with E-state index in [1.807, 2.05) is 0 Å². The molecular formula is C14H12FN3O2S. The molecule has 2 amide bonds. The first kappa shape index (κ1) is 13.7. The molecule has 21 heavy (non-hydrogen) atoms. The number of rotatable bonds is 3. The molecule has 0 saturated heterocycles.